The van der Waals surface area contributed by atoms with E-state index in [1.54, 1.807) is 0 Å². The summed E-state index contributed by atoms with van der Waals surface area (Å²) in [5.41, 5.74) is 0. The van der Waals surface area contributed by atoms with E-state index in [4.69, 9.17) is 14.6 Å². The monoisotopic (exact) mass is 344 g/mol. The second kappa shape index (κ2) is 7.61. The molecule has 11 heteroatoms. The second-order valence-corrected chi connectivity index (χ2v) is 5.49. The van der Waals surface area contributed by atoms with E-state index in [1.807, 2.05) is 0 Å². The molecule has 10 nitrogen and oxygen atoms in total. The molecule has 2 saturated heterocycles. The Morgan fingerprint density at radius 2 is 1.35 bits per heavy atom. The fourth-order valence-electron chi connectivity index (χ4n) is 2.54. The Bertz CT molecular complexity index is 383. The average molecular weight is 344 g/mol. The van der Waals surface area contributed by atoms with Crippen LogP contribution in [0.3, 0.4) is 0 Å². The van der Waals surface area contributed by atoms with E-state index in [2.05, 4.69) is 4.74 Å². The molecule has 0 aromatic heterocycles. The van der Waals surface area contributed by atoms with E-state index >= 15 is 0 Å². The Hall–Kier alpha value is -0.470. The normalized spacial score (nSPS) is 51.7. The van der Waals surface area contributed by atoms with Gasteiger partial charge in [0.2, 0.25) is 6.36 Å². The van der Waals surface area contributed by atoms with Crippen molar-refractivity contribution in [1.82, 2.24) is 0 Å². The Kier molecular flexibility index (Phi) is 6.24. The quantitative estimate of drug-likeness (QED) is 0.264. The van der Waals surface area contributed by atoms with Crippen molar-refractivity contribution in [2.75, 3.05) is 13.2 Å². The minimum atomic E-state index is -2.24. The molecule has 10 atom stereocenters. The first-order valence-corrected chi connectivity index (χ1v) is 7.04. The number of hydrogen-bond acceptors (Lipinski definition) is 10. The Morgan fingerprint density at radius 1 is 0.739 bits per heavy atom. The molecular formula is C12H21FO10. The molecule has 2 aliphatic heterocycles. The van der Waals surface area contributed by atoms with Gasteiger partial charge in [-0.3, -0.25) is 0 Å². The average Bonchev–Trinajstić information content (AvgIpc) is 2.55. The predicted octanol–water partition coefficient (Wildman–Crippen LogP) is -4.42. The van der Waals surface area contributed by atoms with Crippen LogP contribution in [-0.4, -0.2) is 110 Å². The highest BCUT2D eigenvalue weighted by molar-refractivity contribution is 4.93. The van der Waals surface area contributed by atoms with Crippen LogP contribution in [0.25, 0.3) is 0 Å². The van der Waals surface area contributed by atoms with Gasteiger partial charge in [-0.1, -0.05) is 0 Å². The zero-order chi connectivity index (χ0) is 17.3. The van der Waals surface area contributed by atoms with Gasteiger partial charge in [0.25, 0.3) is 0 Å². The van der Waals surface area contributed by atoms with Crippen LogP contribution in [0.15, 0.2) is 0 Å². The largest absolute Gasteiger partial charge is 0.394 e. The maximum Gasteiger partial charge on any atom is 0.228 e. The molecular weight excluding hydrogens is 323 g/mol. The molecule has 0 saturated carbocycles. The van der Waals surface area contributed by atoms with Gasteiger partial charge in [0.15, 0.2) is 6.29 Å². The summed E-state index contributed by atoms with van der Waals surface area (Å²) < 4.78 is 28.3. The van der Waals surface area contributed by atoms with Gasteiger partial charge in [-0.05, 0) is 0 Å². The topological polar surface area (TPSA) is 169 Å². The first-order valence-electron chi connectivity index (χ1n) is 7.04. The van der Waals surface area contributed by atoms with Crippen LogP contribution < -0.4 is 0 Å². The number of aliphatic hydroxyl groups excluding tert-OH is 7. The van der Waals surface area contributed by atoms with E-state index in [0.717, 1.165) is 0 Å². The van der Waals surface area contributed by atoms with Crippen molar-refractivity contribution in [3.8, 4) is 0 Å². The smallest absolute Gasteiger partial charge is 0.228 e. The van der Waals surface area contributed by atoms with Crippen molar-refractivity contribution in [2.45, 2.75) is 61.5 Å². The first kappa shape index (κ1) is 18.9. The molecule has 0 radical (unpaired) electrons. The lowest BCUT2D eigenvalue weighted by Crippen LogP contribution is -2.64. The van der Waals surface area contributed by atoms with Gasteiger partial charge in [0.05, 0.1) is 13.2 Å². The van der Waals surface area contributed by atoms with Crippen molar-refractivity contribution in [3.63, 3.8) is 0 Å². The van der Waals surface area contributed by atoms with Gasteiger partial charge in [-0.15, -0.1) is 0 Å². The third-order valence-corrected chi connectivity index (χ3v) is 3.95. The molecule has 0 spiro atoms. The van der Waals surface area contributed by atoms with Crippen molar-refractivity contribution >= 4 is 0 Å². The molecule has 2 fully saturated rings. The molecule has 0 amide bonds. The summed E-state index contributed by atoms with van der Waals surface area (Å²) >= 11 is 0. The lowest BCUT2D eigenvalue weighted by Gasteiger charge is -2.44. The van der Waals surface area contributed by atoms with Crippen molar-refractivity contribution in [1.29, 1.82) is 0 Å². The summed E-state index contributed by atoms with van der Waals surface area (Å²) in [6, 6.07) is 0. The number of ether oxygens (including phenoxy) is 3. The summed E-state index contributed by atoms with van der Waals surface area (Å²) in [7, 11) is 0. The number of hydrogen-bond donors (Lipinski definition) is 7. The minimum absolute atomic E-state index is 0.687. The molecule has 2 aliphatic rings. The molecule has 2 heterocycles. The number of halogens is 1. The zero-order valence-electron chi connectivity index (χ0n) is 11.9. The van der Waals surface area contributed by atoms with Crippen molar-refractivity contribution in [2.24, 2.45) is 0 Å². The molecule has 2 rings (SSSR count). The third kappa shape index (κ3) is 3.64. The standard InChI is InChI=1S/C12H21FO10/c13-11-8(19)7(18)10(4(2-15)21-11)23-12-9(20)6(17)5(16)3(1-14)22-12/h3-12,14-20H,1-2H2/t3?,4?,5-,6?,7?,8?,9?,10+,11+,12-/m0/s1. The van der Waals surface area contributed by atoms with E-state index in [1.165, 1.54) is 0 Å². The van der Waals surface area contributed by atoms with Crippen LogP contribution in [0.5, 0.6) is 0 Å². The lowest BCUT2D eigenvalue weighted by molar-refractivity contribution is -0.349. The number of alkyl halides is 1. The number of rotatable bonds is 4. The summed E-state index contributed by atoms with van der Waals surface area (Å²) in [5, 5.41) is 66.8. The van der Waals surface area contributed by atoms with Gasteiger partial charge in [0, 0.05) is 0 Å². The molecule has 7 N–H and O–H groups in total. The van der Waals surface area contributed by atoms with Gasteiger partial charge >= 0.3 is 0 Å². The summed E-state index contributed by atoms with van der Waals surface area (Å²) in [6.07, 6.45) is -16.8. The molecule has 23 heavy (non-hydrogen) atoms. The van der Waals surface area contributed by atoms with Crippen LogP contribution >= 0.6 is 0 Å². The van der Waals surface area contributed by atoms with Crippen molar-refractivity contribution in [3.05, 3.63) is 0 Å². The fourth-order valence-corrected chi connectivity index (χ4v) is 2.54. The third-order valence-electron chi connectivity index (χ3n) is 3.95. The molecule has 0 aliphatic carbocycles. The second-order valence-electron chi connectivity index (χ2n) is 5.49. The van der Waals surface area contributed by atoms with Crippen LogP contribution in [-0.2, 0) is 14.2 Å². The highest BCUT2D eigenvalue weighted by atomic mass is 19.1. The maximum absolute atomic E-state index is 13.3. The van der Waals surface area contributed by atoms with Crippen molar-refractivity contribution < 1.29 is 54.3 Å². The summed E-state index contributed by atoms with van der Waals surface area (Å²) in [4.78, 5) is 0. The Balaban J connectivity index is 2.11. The van der Waals surface area contributed by atoms with Crippen LogP contribution in [0.4, 0.5) is 4.39 Å². The SMILES string of the molecule is OCC1O[C@@H](O[C@@H]2C(CO)O[C@@H](F)C(O)C2O)C(O)C(O)[C@H]1O. The van der Waals surface area contributed by atoms with E-state index in [-0.39, 0.29) is 0 Å². The fraction of sp³-hybridized carbons (Fsp3) is 1.00. The maximum atomic E-state index is 13.3. The van der Waals surface area contributed by atoms with Gasteiger partial charge < -0.3 is 50.0 Å². The molecule has 0 aromatic rings. The summed E-state index contributed by atoms with van der Waals surface area (Å²) in [6.45, 7) is -1.45. The lowest BCUT2D eigenvalue weighted by atomic mass is 9.97. The molecule has 6 unspecified atom stereocenters. The van der Waals surface area contributed by atoms with Gasteiger partial charge in [-0.2, -0.15) is 0 Å². The minimum Gasteiger partial charge on any atom is -0.394 e. The predicted molar refractivity (Wildman–Crippen MR) is 67.5 cm³/mol. The Morgan fingerprint density at radius 3 is 1.91 bits per heavy atom. The van der Waals surface area contributed by atoms with E-state index in [9.17, 15) is 35.0 Å². The van der Waals surface area contributed by atoms with Gasteiger partial charge in [-0.25, -0.2) is 4.39 Å². The zero-order valence-corrected chi connectivity index (χ0v) is 11.9. The van der Waals surface area contributed by atoms with Crippen LogP contribution in [0.2, 0.25) is 0 Å². The highest BCUT2D eigenvalue weighted by Crippen LogP contribution is 2.29. The van der Waals surface area contributed by atoms with Gasteiger partial charge in [0.1, 0.15) is 48.8 Å². The molecule has 0 bridgehead atoms. The number of aliphatic hydroxyl groups is 7. The highest BCUT2D eigenvalue weighted by Gasteiger charge is 2.50. The molecule has 136 valence electrons. The first-order chi connectivity index (χ1) is 10.8. The van der Waals surface area contributed by atoms with E-state index in [0.29, 0.717) is 0 Å². The molecule has 0 aromatic carbocycles. The van der Waals surface area contributed by atoms with Crippen LogP contribution in [0, 0.1) is 0 Å². The Labute approximate surface area is 130 Å². The van der Waals surface area contributed by atoms with E-state index < -0.39 is 74.7 Å². The van der Waals surface area contributed by atoms with Crippen LogP contribution in [0.1, 0.15) is 0 Å². The summed E-state index contributed by atoms with van der Waals surface area (Å²) in [5.74, 6) is 0.